The highest BCUT2D eigenvalue weighted by atomic mass is 16.4. The first-order valence-electron chi connectivity index (χ1n) is 4.10. The molecule has 0 aliphatic carbocycles. The van der Waals surface area contributed by atoms with Crippen LogP contribution in [-0.4, -0.2) is 32.3 Å². The summed E-state index contributed by atoms with van der Waals surface area (Å²) in [6.07, 6.45) is 0.802. The summed E-state index contributed by atoms with van der Waals surface area (Å²) in [6, 6.07) is -0.0284. The lowest BCUT2D eigenvalue weighted by atomic mass is 10.3. The van der Waals surface area contributed by atoms with E-state index in [-0.39, 0.29) is 0 Å². The van der Waals surface area contributed by atoms with Crippen molar-refractivity contribution in [3.05, 3.63) is 32.6 Å². The molecule has 0 aromatic carbocycles. The van der Waals surface area contributed by atoms with Gasteiger partial charge in [0, 0.05) is 6.20 Å². The summed E-state index contributed by atoms with van der Waals surface area (Å²) in [4.78, 5) is 34.7. The highest BCUT2D eigenvalue weighted by Crippen LogP contribution is 2.01. The second-order valence-electron chi connectivity index (χ2n) is 2.86. The van der Waals surface area contributed by atoms with E-state index in [9.17, 15) is 14.4 Å². The Hall–Kier alpha value is -2.40. The fourth-order valence-corrected chi connectivity index (χ4v) is 1.08. The number of aliphatic hydroxyl groups is 1. The summed E-state index contributed by atoms with van der Waals surface area (Å²) < 4.78 is 0.586. The number of nitriles is 1. The Bertz CT molecular complexity index is 564. The number of H-pyrrole nitrogens is 1. The van der Waals surface area contributed by atoms with E-state index in [0.29, 0.717) is 4.57 Å². The molecule has 0 spiro atoms. The predicted molar refractivity (Wildman–Crippen MR) is 49.8 cm³/mol. The monoisotopic (exact) mass is 225 g/mol. The second kappa shape index (κ2) is 4.41. The fourth-order valence-electron chi connectivity index (χ4n) is 1.08. The van der Waals surface area contributed by atoms with Gasteiger partial charge in [-0.2, -0.15) is 5.26 Å². The Labute approximate surface area is 88.0 Å². The minimum atomic E-state index is -1.53. The van der Waals surface area contributed by atoms with Gasteiger partial charge in [0.25, 0.3) is 5.56 Å². The molecule has 0 saturated heterocycles. The van der Waals surface area contributed by atoms with Crippen molar-refractivity contribution in [2.75, 3.05) is 6.61 Å². The van der Waals surface area contributed by atoms with Crippen LogP contribution in [0, 0.1) is 11.3 Å². The molecule has 0 bridgehead atoms. The molecule has 0 amide bonds. The van der Waals surface area contributed by atoms with Gasteiger partial charge in [0.15, 0.2) is 6.04 Å². The van der Waals surface area contributed by atoms with Crippen molar-refractivity contribution >= 4 is 5.97 Å². The van der Waals surface area contributed by atoms with E-state index in [2.05, 4.69) is 0 Å². The van der Waals surface area contributed by atoms with Gasteiger partial charge < -0.3 is 10.2 Å². The first kappa shape index (κ1) is 11.7. The molecule has 0 radical (unpaired) electrons. The topological polar surface area (TPSA) is 136 Å². The lowest BCUT2D eigenvalue weighted by Gasteiger charge is -2.11. The van der Waals surface area contributed by atoms with Crippen LogP contribution in [0.1, 0.15) is 11.6 Å². The molecule has 1 heterocycles. The maximum absolute atomic E-state index is 11.2. The van der Waals surface area contributed by atoms with Gasteiger partial charge in [-0.15, -0.1) is 0 Å². The van der Waals surface area contributed by atoms with E-state index in [0.717, 1.165) is 6.20 Å². The Kier molecular flexibility index (Phi) is 3.22. The van der Waals surface area contributed by atoms with E-state index < -0.39 is 35.4 Å². The number of hydrogen-bond donors (Lipinski definition) is 3. The van der Waals surface area contributed by atoms with Crippen molar-refractivity contribution in [1.29, 1.82) is 5.26 Å². The summed E-state index contributed by atoms with van der Waals surface area (Å²) in [5.41, 5.74) is -2.30. The van der Waals surface area contributed by atoms with Gasteiger partial charge in [0.05, 0.1) is 6.61 Å². The van der Waals surface area contributed by atoms with Crippen LogP contribution >= 0.6 is 0 Å². The average molecular weight is 225 g/mol. The van der Waals surface area contributed by atoms with Crippen molar-refractivity contribution in [3.63, 3.8) is 0 Å². The van der Waals surface area contributed by atoms with E-state index in [1.165, 1.54) is 6.07 Å². The number of nitrogens with zero attached hydrogens (tertiary/aromatic N) is 2. The number of rotatable bonds is 3. The zero-order valence-corrected chi connectivity index (χ0v) is 7.88. The highest BCUT2D eigenvalue weighted by Gasteiger charge is 2.20. The molecular formula is C8H7N3O5. The summed E-state index contributed by atoms with van der Waals surface area (Å²) >= 11 is 0. The van der Waals surface area contributed by atoms with Gasteiger partial charge in [0.1, 0.15) is 11.6 Å². The largest absolute Gasteiger partial charge is 0.480 e. The van der Waals surface area contributed by atoms with Crippen LogP contribution in [0.3, 0.4) is 0 Å². The second-order valence-corrected chi connectivity index (χ2v) is 2.86. The van der Waals surface area contributed by atoms with E-state index in [1.807, 2.05) is 0 Å². The number of aliphatic hydroxyl groups excluding tert-OH is 1. The number of carboxylic acid groups (broad SMARTS) is 1. The van der Waals surface area contributed by atoms with Gasteiger partial charge >= 0.3 is 11.7 Å². The van der Waals surface area contributed by atoms with Crippen molar-refractivity contribution in [1.82, 2.24) is 9.55 Å². The quantitative estimate of drug-likeness (QED) is 0.545. The zero-order valence-electron chi connectivity index (χ0n) is 7.88. The molecular weight excluding hydrogens is 218 g/mol. The van der Waals surface area contributed by atoms with Gasteiger partial charge in [-0.3, -0.25) is 14.3 Å². The van der Waals surface area contributed by atoms with Crippen LogP contribution in [0.5, 0.6) is 0 Å². The van der Waals surface area contributed by atoms with Crippen molar-refractivity contribution < 1.29 is 15.0 Å². The highest BCUT2D eigenvalue weighted by molar-refractivity contribution is 5.71. The van der Waals surface area contributed by atoms with E-state index >= 15 is 0 Å². The molecule has 1 atom stereocenters. The number of nitrogens with one attached hydrogen (secondary N) is 1. The molecule has 0 aliphatic heterocycles. The maximum Gasteiger partial charge on any atom is 0.329 e. The van der Waals surface area contributed by atoms with Crippen LogP contribution in [0.4, 0.5) is 0 Å². The number of carboxylic acids is 1. The molecule has 1 aromatic rings. The number of hydrogen-bond acceptors (Lipinski definition) is 5. The molecule has 8 nitrogen and oxygen atoms in total. The molecule has 0 fully saturated rings. The SMILES string of the molecule is N#Cc1cn(C(CO)C(=O)O)c(=O)[nH]c1=O. The third-order valence-corrected chi connectivity index (χ3v) is 1.88. The number of aromatic nitrogens is 2. The third-order valence-electron chi connectivity index (χ3n) is 1.88. The average Bonchev–Trinajstić information content (AvgIpc) is 2.21. The minimum absolute atomic E-state index is 0.403. The standard InChI is InChI=1S/C8H7N3O5/c9-1-4-2-11(5(3-12)7(14)15)8(16)10-6(4)13/h2,5,12H,3H2,(H,14,15)(H,10,13,16). The number of carbonyl (C=O) groups is 1. The first-order chi connectivity index (χ1) is 7.51. The minimum Gasteiger partial charge on any atom is -0.480 e. The van der Waals surface area contributed by atoms with Crippen LogP contribution < -0.4 is 11.2 Å². The Balaban J connectivity index is 3.46. The molecule has 3 N–H and O–H groups in total. The normalized spacial score (nSPS) is 11.8. The van der Waals surface area contributed by atoms with Crippen LogP contribution in [-0.2, 0) is 4.79 Å². The van der Waals surface area contributed by atoms with Crippen LogP contribution in [0.15, 0.2) is 15.8 Å². The molecule has 1 rings (SSSR count). The summed E-state index contributed by atoms with van der Waals surface area (Å²) in [6.45, 7) is -0.827. The van der Waals surface area contributed by atoms with E-state index in [4.69, 9.17) is 15.5 Å². The molecule has 1 aromatic heterocycles. The molecule has 84 valence electrons. The fraction of sp³-hybridized carbons (Fsp3) is 0.250. The number of aromatic amines is 1. The van der Waals surface area contributed by atoms with Crippen molar-refractivity contribution in [2.45, 2.75) is 6.04 Å². The van der Waals surface area contributed by atoms with Crippen molar-refractivity contribution in [3.8, 4) is 6.07 Å². The Morgan fingerprint density at radius 2 is 2.25 bits per heavy atom. The van der Waals surface area contributed by atoms with Crippen LogP contribution in [0.25, 0.3) is 0 Å². The van der Waals surface area contributed by atoms with Crippen LogP contribution in [0.2, 0.25) is 0 Å². The Morgan fingerprint density at radius 3 is 2.69 bits per heavy atom. The first-order valence-corrected chi connectivity index (χ1v) is 4.10. The molecule has 8 heteroatoms. The van der Waals surface area contributed by atoms with Gasteiger partial charge in [-0.25, -0.2) is 9.59 Å². The lowest BCUT2D eigenvalue weighted by molar-refractivity contribution is -0.142. The number of aliphatic carboxylic acids is 1. The zero-order chi connectivity index (χ0) is 12.3. The summed E-state index contributed by atoms with van der Waals surface area (Å²) in [5.74, 6) is -1.44. The molecule has 0 aliphatic rings. The molecule has 1 unspecified atom stereocenters. The predicted octanol–water partition coefficient (Wildman–Crippen LogP) is -1.97. The van der Waals surface area contributed by atoms with Crippen molar-refractivity contribution in [2.24, 2.45) is 0 Å². The van der Waals surface area contributed by atoms with E-state index in [1.54, 1.807) is 4.98 Å². The molecule has 0 saturated carbocycles. The summed E-state index contributed by atoms with van der Waals surface area (Å²) in [7, 11) is 0. The third kappa shape index (κ3) is 1.99. The van der Waals surface area contributed by atoms with Gasteiger partial charge in [-0.1, -0.05) is 0 Å². The lowest BCUT2D eigenvalue weighted by Crippen LogP contribution is -2.37. The smallest absolute Gasteiger partial charge is 0.329 e. The van der Waals surface area contributed by atoms with Gasteiger partial charge in [-0.05, 0) is 0 Å². The summed E-state index contributed by atoms with van der Waals surface area (Å²) in [5, 5.41) is 26.0. The molecule has 16 heavy (non-hydrogen) atoms. The maximum atomic E-state index is 11.2. The van der Waals surface area contributed by atoms with Gasteiger partial charge in [0.2, 0.25) is 0 Å². The Morgan fingerprint density at radius 1 is 1.62 bits per heavy atom.